The number of hydrogen-bond donors (Lipinski definition) is 1. The summed E-state index contributed by atoms with van der Waals surface area (Å²) >= 11 is 0. The number of oxazole rings is 1. The standard InChI is InChI=1S/C21H26BN3O3/c1-5-19(25-21(26)17-12-28-14(3)23-17)24-20-13(2)16(6-7-18(20)27-4)15-8-10-22-11-9-15/h5-7,12,15,22H,1,8-11H2,2-4H3,(H,24,25,26). The first-order valence-electron chi connectivity index (χ1n) is 9.65. The molecule has 7 heteroatoms. The molecular weight excluding hydrogens is 353 g/mol. The number of ether oxygens (including phenoxy) is 1. The SMILES string of the molecule is C=C/C(=N\c1c(OC)ccc(C2CCBCC2)c1C)NC(=O)c1coc(C)n1. The van der Waals surface area contributed by atoms with E-state index in [0.717, 1.165) is 11.3 Å². The fraction of sp³-hybridized carbons (Fsp3) is 0.381. The maximum absolute atomic E-state index is 12.4. The Morgan fingerprint density at radius 2 is 2.14 bits per heavy atom. The Morgan fingerprint density at radius 3 is 2.75 bits per heavy atom. The second-order valence-corrected chi connectivity index (χ2v) is 7.07. The molecule has 0 spiro atoms. The Kier molecular flexibility index (Phi) is 6.34. The van der Waals surface area contributed by atoms with Crippen molar-refractivity contribution in [2.75, 3.05) is 7.11 Å². The number of benzene rings is 1. The topological polar surface area (TPSA) is 76.7 Å². The lowest BCUT2D eigenvalue weighted by molar-refractivity contribution is 0.0972. The quantitative estimate of drug-likeness (QED) is 0.482. The van der Waals surface area contributed by atoms with E-state index in [4.69, 9.17) is 9.15 Å². The summed E-state index contributed by atoms with van der Waals surface area (Å²) in [4.78, 5) is 21.1. The van der Waals surface area contributed by atoms with E-state index in [1.807, 2.05) is 6.07 Å². The zero-order chi connectivity index (χ0) is 20.1. The third-order valence-corrected chi connectivity index (χ3v) is 5.22. The van der Waals surface area contributed by atoms with Crippen LogP contribution in [0.2, 0.25) is 12.6 Å². The number of methoxy groups -OCH3 is 1. The molecule has 0 aliphatic carbocycles. The largest absolute Gasteiger partial charge is 0.494 e. The molecule has 0 unspecified atom stereocenters. The summed E-state index contributed by atoms with van der Waals surface area (Å²) in [6.45, 7) is 7.53. The van der Waals surface area contributed by atoms with Crippen molar-refractivity contribution in [1.82, 2.24) is 10.3 Å². The van der Waals surface area contributed by atoms with Crippen LogP contribution in [0, 0.1) is 13.8 Å². The van der Waals surface area contributed by atoms with Crippen LogP contribution < -0.4 is 10.1 Å². The van der Waals surface area contributed by atoms with Gasteiger partial charge in [-0.3, -0.25) is 4.79 Å². The monoisotopic (exact) mass is 379 g/mol. The number of amidine groups is 1. The maximum atomic E-state index is 12.4. The molecule has 1 fully saturated rings. The molecule has 1 amide bonds. The number of nitrogens with one attached hydrogen (secondary N) is 1. The molecule has 2 heterocycles. The molecule has 3 rings (SSSR count). The van der Waals surface area contributed by atoms with Crippen molar-refractivity contribution in [2.45, 2.75) is 45.2 Å². The Morgan fingerprint density at radius 1 is 1.39 bits per heavy atom. The highest BCUT2D eigenvalue weighted by Gasteiger charge is 2.21. The van der Waals surface area contributed by atoms with Crippen molar-refractivity contribution in [3.05, 3.63) is 53.8 Å². The van der Waals surface area contributed by atoms with Crippen LogP contribution in [0.5, 0.6) is 5.75 Å². The van der Waals surface area contributed by atoms with Gasteiger partial charge in [-0.25, -0.2) is 9.98 Å². The van der Waals surface area contributed by atoms with Crippen molar-refractivity contribution in [3.8, 4) is 5.75 Å². The maximum Gasteiger partial charge on any atom is 0.278 e. The van der Waals surface area contributed by atoms with Crippen LogP contribution in [0.1, 0.15) is 46.3 Å². The fourth-order valence-corrected chi connectivity index (χ4v) is 3.74. The van der Waals surface area contributed by atoms with Gasteiger partial charge in [-0.1, -0.05) is 38.1 Å². The number of hydrogen-bond acceptors (Lipinski definition) is 5. The minimum atomic E-state index is -0.393. The van der Waals surface area contributed by atoms with Gasteiger partial charge in [-0.2, -0.15) is 0 Å². The lowest BCUT2D eigenvalue weighted by Gasteiger charge is -2.24. The van der Waals surface area contributed by atoms with Crippen LogP contribution in [0.4, 0.5) is 5.69 Å². The average molecular weight is 379 g/mol. The zero-order valence-corrected chi connectivity index (χ0v) is 16.7. The van der Waals surface area contributed by atoms with Crippen LogP contribution in [0.25, 0.3) is 0 Å². The minimum absolute atomic E-state index is 0.201. The van der Waals surface area contributed by atoms with Crippen LogP contribution in [0.15, 0.2) is 40.5 Å². The van der Waals surface area contributed by atoms with E-state index in [2.05, 4.69) is 34.9 Å². The van der Waals surface area contributed by atoms with Crippen LogP contribution in [0.3, 0.4) is 0 Å². The van der Waals surface area contributed by atoms with E-state index in [-0.39, 0.29) is 5.69 Å². The molecule has 1 aliphatic heterocycles. The molecule has 0 atom stereocenters. The van der Waals surface area contributed by atoms with Gasteiger partial charge in [0.2, 0.25) is 0 Å². The molecule has 6 nitrogen and oxygen atoms in total. The van der Waals surface area contributed by atoms with Gasteiger partial charge >= 0.3 is 0 Å². The van der Waals surface area contributed by atoms with E-state index in [9.17, 15) is 4.79 Å². The number of amides is 1. The van der Waals surface area contributed by atoms with Gasteiger partial charge in [0.05, 0.1) is 7.11 Å². The second kappa shape index (κ2) is 8.91. The Hall–Kier alpha value is -2.83. The minimum Gasteiger partial charge on any atom is -0.494 e. The number of aromatic nitrogens is 1. The first-order chi connectivity index (χ1) is 13.5. The van der Waals surface area contributed by atoms with Gasteiger partial charge in [0, 0.05) is 6.92 Å². The van der Waals surface area contributed by atoms with Crippen molar-refractivity contribution >= 4 is 24.7 Å². The predicted molar refractivity (Wildman–Crippen MR) is 112 cm³/mol. The summed E-state index contributed by atoms with van der Waals surface area (Å²) in [5.74, 6) is 1.60. The van der Waals surface area contributed by atoms with Gasteiger partial charge in [-0.05, 0) is 36.1 Å². The van der Waals surface area contributed by atoms with Crippen LogP contribution in [-0.2, 0) is 0 Å². The van der Waals surface area contributed by atoms with Gasteiger partial charge in [0.25, 0.3) is 5.91 Å². The molecular formula is C21H26BN3O3. The highest BCUT2D eigenvalue weighted by molar-refractivity contribution is 6.35. The first-order valence-corrected chi connectivity index (χ1v) is 9.65. The summed E-state index contributed by atoms with van der Waals surface area (Å²) in [7, 11) is 2.93. The van der Waals surface area contributed by atoms with Crippen molar-refractivity contribution in [3.63, 3.8) is 0 Å². The Labute approximate surface area is 166 Å². The Bertz CT molecular complexity index is 898. The number of aliphatic imine (C=N–C) groups is 1. The van der Waals surface area contributed by atoms with Crippen molar-refractivity contribution in [2.24, 2.45) is 4.99 Å². The lowest BCUT2D eigenvalue weighted by atomic mass is 9.60. The average Bonchev–Trinajstić information content (AvgIpc) is 3.15. The summed E-state index contributed by atoms with van der Waals surface area (Å²) in [6.07, 6.45) is 7.76. The number of nitrogens with zero attached hydrogens (tertiary/aromatic N) is 2. The molecule has 0 bridgehead atoms. The number of aryl methyl sites for hydroxylation is 1. The molecule has 1 aromatic carbocycles. The van der Waals surface area contributed by atoms with E-state index in [1.165, 1.54) is 50.7 Å². The summed E-state index contributed by atoms with van der Waals surface area (Å²) < 4.78 is 10.6. The number of rotatable bonds is 5. The van der Waals surface area contributed by atoms with Gasteiger partial charge in [0.15, 0.2) is 11.6 Å². The Balaban J connectivity index is 1.92. The van der Waals surface area contributed by atoms with Crippen LogP contribution in [-0.4, -0.2) is 31.1 Å². The molecule has 0 radical (unpaired) electrons. The van der Waals surface area contributed by atoms with E-state index < -0.39 is 5.91 Å². The first kappa shape index (κ1) is 19.9. The zero-order valence-electron chi connectivity index (χ0n) is 16.7. The highest BCUT2D eigenvalue weighted by atomic mass is 16.5. The molecule has 1 N–H and O–H groups in total. The van der Waals surface area contributed by atoms with Gasteiger partial charge < -0.3 is 14.5 Å². The third-order valence-electron chi connectivity index (χ3n) is 5.22. The predicted octanol–water partition coefficient (Wildman–Crippen LogP) is 4.10. The number of carbonyl (C=O) groups is 1. The van der Waals surface area contributed by atoms with Gasteiger partial charge in [0.1, 0.15) is 30.8 Å². The molecule has 146 valence electrons. The van der Waals surface area contributed by atoms with E-state index in [0.29, 0.717) is 23.4 Å². The molecule has 2 aromatic rings. The van der Waals surface area contributed by atoms with Crippen LogP contribution >= 0.6 is 0 Å². The number of carbonyl (C=O) groups excluding carboxylic acids is 1. The fourth-order valence-electron chi connectivity index (χ4n) is 3.74. The van der Waals surface area contributed by atoms with E-state index >= 15 is 0 Å². The molecule has 1 saturated heterocycles. The smallest absolute Gasteiger partial charge is 0.278 e. The lowest BCUT2D eigenvalue weighted by Crippen LogP contribution is -2.29. The van der Waals surface area contributed by atoms with Crippen molar-refractivity contribution in [1.29, 1.82) is 0 Å². The third kappa shape index (κ3) is 4.35. The normalized spacial score (nSPS) is 15.0. The highest BCUT2D eigenvalue weighted by Crippen LogP contribution is 2.40. The summed E-state index contributed by atoms with van der Waals surface area (Å²) in [6, 6.07) is 4.10. The molecule has 28 heavy (non-hydrogen) atoms. The molecule has 1 aromatic heterocycles. The summed E-state index contributed by atoms with van der Waals surface area (Å²) in [5.41, 5.74) is 3.31. The van der Waals surface area contributed by atoms with Gasteiger partial charge in [-0.15, -0.1) is 0 Å². The van der Waals surface area contributed by atoms with E-state index in [1.54, 1.807) is 14.0 Å². The van der Waals surface area contributed by atoms with Crippen molar-refractivity contribution < 1.29 is 13.9 Å². The molecule has 0 saturated carbocycles. The molecule has 1 aliphatic rings. The second-order valence-electron chi connectivity index (χ2n) is 7.07. The summed E-state index contributed by atoms with van der Waals surface area (Å²) in [5, 5.41) is 2.74.